The van der Waals surface area contributed by atoms with Gasteiger partial charge in [0.15, 0.2) is 0 Å². The van der Waals surface area contributed by atoms with Gasteiger partial charge in [0, 0.05) is 23.9 Å². The van der Waals surface area contributed by atoms with Crippen molar-refractivity contribution in [2.45, 2.75) is 31.7 Å². The van der Waals surface area contributed by atoms with Gasteiger partial charge in [-0.2, -0.15) is 0 Å². The summed E-state index contributed by atoms with van der Waals surface area (Å²) in [6.45, 7) is -0.594. The minimum atomic E-state index is -1.01. The summed E-state index contributed by atoms with van der Waals surface area (Å²) in [7, 11) is 0. The number of carbonyl (C=O) groups is 4. The molecule has 2 fully saturated rings. The van der Waals surface area contributed by atoms with Gasteiger partial charge in [0.25, 0.3) is 5.69 Å². The Hall–Kier alpha value is -3.30. The van der Waals surface area contributed by atoms with Crippen LogP contribution in [-0.4, -0.2) is 51.1 Å². The summed E-state index contributed by atoms with van der Waals surface area (Å²) in [4.78, 5) is 60.2. The van der Waals surface area contributed by atoms with E-state index in [2.05, 4.69) is 5.32 Å². The van der Waals surface area contributed by atoms with E-state index in [1.165, 1.54) is 24.3 Å². The van der Waals surface area contributed by atoms with Crippen LogP contribution in [-0.2, 0) is 14.4 Å². The van der Waals surface area contributed by atoms with E-state index in [1.807, 2.05) is 0 Å². The first kappa shape index (κ1) is 17.5. The first-order chi connectivity index (χ1) is 12.4. The van der Waals surface area contributed by atoms with Gasteiger partial charge < -0.3 is 5.32 Å². The predicted octanol–water partition coefficient (Wildman–Crippen LogP) is 1.27. The van der Waals surface area contributed by atoms with E-state index in [4.69, 9.17) is 0 Å². The van der Waals surface area contributed by atoms with Gasteiger partial charge >= 0.3 is 17.8 Å². The number of rotatable bonds is 5. The molecule has 0 unspecified atom stereocenters. The van der Waals surface area contributed by atoms with Gasteiger partial charge in [0.1, 0.15) is 6.54 Å². The molecule has 10 nitrogen and oxygen atoms in total. The van der Waals surface area contributed by atoms with Crippen LogP contribution in [0.4, 0.5) is 16.2 Å². The molecule has 3 rings (SSSR count). The Balaban J connectivity index is 1.65. The summed E-state index contributed by atoms with van der Waals surface area (Å²) in [5.41, 5.74) is 0.143. The van der Waals surface area contributed by atoms with Gasteiger partial charge in [0.05, 0.1) is 4.92 Å². The van der Waals surface area contributed by atoms with Gasteiger partial charge in [-0.15, -0.1) is 0 Å². The summed E-state index contributed by atoms with van der Waals surface area (Å²) >= 11 is 0. The molecule has 1 heterocycles. The standard InChI is InChI=1S/C16H16N4O6/c21-13(17-10-5-7-12(8-6-10)20(25)26)9-18-14(22)15(23)19(16(18)24)11-3-1-2-4-11/h5-8,11H,1-4,9H2,(H,17,21). The van der Waals surface area contributed by atoms with Crippen LogP contribution in [0, 0.1) is 10.1 Å². The number of nitrogens with zero attached hydrogens (tertiary/aromatic N) is 3. The van der Waals surface area contributed by atoms with E-state index in [0.29, 0.717) is 17.7 Å². The third-order valence-electron chi connectivity index (χ3n) is 4.44. The van der Waals surface area contributed by atoms with Crippen LogP contribution < -0.4 is 5.32 Å². The molecule has 1 aliphatic carbocycles. The number of nitro groups is 1. The molecule has 2 aliphatic rings. The smallest absolute Gasteiger partial charge is 0.325 e. The van der Waals surface area contributed by atoms with Crippen molar-refractivity contribution in [1.82, 2.24) is 9.80 Å². The van der Waals surface area contributed by atoms with Gasteiger partial charge in [-0.25, -0.2) is 9.69 Å². The van der Waals surface area contributed by atoms with Crippen LogP contribution in [0.25, 0.3) is 0 Å². The number of carbonyl (C=O) groups excluding carboxylic acids is 4. The fourth-order valence-corrected chi connectivity index (χ4v) is 3.16. The van der Waals surface area contributed by atoms with E-state index in [9.17, 15) is 29.3 Å². The maximum absolute atomic E-state index is 12.4. The van der Waals surface area contributed by atoms with Crippen LogP contribution in [0.1, 0.15) is 25.7 Å². The maximum Gasteiger partial charge on any atom is 0.334 e. The lowest BCUT2D eigenvalue weighted by atomic mass is 10.2. The van der Waals surface area contributed by atoms with Crippen molar-refractivity contribution in [1.29, 1.82) is 0 Å². The Morgan fingerprint density at radius 3 is 2.31 bits per heavy atom. The summed E-state index contributed by atoms with van der Waals surface area (Å²) in [5, 5.41) is 13.0. The summed E-state index contributed by atoms with van der Waals surface area (Å²) in [6, 6.07) is 4.03. The second kappa shape index (κ2) is 6.90. The van der Waals surface area contributed by atoms with Crippen molar-refractivity contribution in [3.05, 3.63) is 34.4 Å². The Bertz CT molecular complexity index is 784. The van der Waals surface area contributed by atoms with Crippen LogP contribution in [0.3, 0.4) is 0 Å². The third kappa shape index (κ3) is 3.25. The molecule has 0 spiro atoms. The van der Waals surface area contributed by atoms with E-state index < -0.39 is 35.2 Å². The van der Waals surface area contributed by atoms with Crippen molar-refractivity contribution >= 4 is 35.1 Å². The van der Waals surface area contributed by atoms with Crippen LogP contribution >= 0.6 is 0 Å². The number of nitrogens with one attached hydrogen (secondary N) is 1. The SMILES string of the molecule is O=C(CN1C(=O)C(=O)N(C2CCCC2)C1=O)Nc1ccc([N+](=O)[O-])cc1. The number of amides is 5. The highest BCUT2D eigenvalue weighted by Gasteiger charge is 2.48. The summed E-state index contributed by atoms with van der Waals surface area (Å²) in [5.74, 6) is -2.59. The number of hydrogen-bond acceptors (Lipinski definition) is 6. The minimum absolute atomic E-state index is 0.134. The first-order valence-corrected chi connectivity index (χ1v) is 8.12. The molecule has 1 aromatic carbocycles. The fourth-order valence-electron chi connectivity index (χ4n) is 3.16. The Morgan fingerprint density at radius 2 is 1.73 bits per heavy atom. The lowest BCUT2D eigenvalue weighted by Gasteiger charge is -2.20. The number of hydrogen-bond donors (Lipinski definition) is 1. The minimum Gasteiger partial charge on any atom is -0.325 e. The molecule has 26 heavy (non-hydrogen) atoms. The van der Waals surface area contributed by atoms with E-state index in [1.54, 1.807) is 0 Å². The number of imide groups is 2. The maximum atomic E-state index is 12.4. The fraction of sp³-hybridized carbons (Fsp3) is 0.375. The zero-order valence-electron chi connectivity index (χ0n) is 13.7. The normalized spacial score (nSPS) is 17.9. The molecule has 1 aliphatic heterocycles. The highest BCUT2D eigenvalue weighted by Crippen LogP contribution is 2.27. The topological polar surface area (TPSA) is 130 Å². The van der Waals surface area contributed by atoms with Gasteiger partial charge in [-0.05, 0) is 25.0 Å². The lowest BCUT2D eigenvalue weighted by Crippen LogP contribution is -2.41. The first-order valence-electron chi connectivity index (χ1n) is 8.12. The lowest BCUT2D eigenvalue weighted by molar-refractivity contribution is -0.384. The van der Waals surface area contributed by atoms with Gasteiger partial charge in [0.2, 0.25) is 5.91 Å². The van der Waals surface area contributed by atoms with Gasteiger partial charge in [-0.1, -0.05) is 12.8 Å². The zero-order chi connectivity index (χ0) is 18.8. The molecule has 1 saturated heterocycles. The van der Waals surface area contributed by atoms with Crippen LogP contribution in [0.2, 0.25) is 0 Å². The van der Waals surface area contributed by atoms with Crippen molar-refractivity contribution in [3.8, 4) is 0 Å². The van der Waals surface area contributed by atoms with Crippen molar-refractivity contribution in [2.24, 2.45) is 0 Å². The molecule has 0 bridgehead atoms. The summed E-state index contributed by atoms with van der Waals surface area (Å²) in [6.07, 6.45) is 3.09. The molecule has 0 radical (unpaired) electrons. The molecule has 0 aromatic heterocycles. The molecule has 0 atom stereocenters. The monoisotopic (exact) mass is 360 g/mol. The van der Waals surface area contributed by atoms with E-state index >= 15 is 0 Å². The molecule has 1 N–H and O–H groups in total. The molecular weight excluding hydrogens is 344 g/mol. The third-order valence-corrected chi connectivity index (χ3v) is 4.44. The second-order valence-corrected chi connectivity index (χ2v) is 6.14. The number of nitro benzene ring substituents is 1. The largest absolute Gasteiger partial charge is 0.334 e. The second-order valence-electron chi connectivity index (χ2n) is 6.14. The van der Waals surface area contributed by atoms with Gasteiger partial charge in [-0.3, -0.25) is 29.4 Å². The van der Waals surface area contributed by atoms with Crippen LogP contribution in [0.5, 0.6) is 0 Å². The molecule has 1 aromatic rings. The highest BCUT2D eigenvalue weighted by molar-refractivity contribution is 6.45. The molecule has 1 saturated carbocycles. The predicted molar refractivity (Wildman–Crippen MR) is 87.9 cm³/mol. The summed E-state index contributed by atoms with van der Waals surface area (Å²) < 4.78 is 0. The number of urea groups is 1. The van der Waals surface area contributed by atoms with Crippen molar-refractivity contribution < 1.29 is 24.1 Å². The van der Waals surface area contributed by atoms with Crippen molar-refractivity contribution in [2.75, 3.05) is 11.9 Å². The number of benzene rings is 1. The Labute approximate surface area is 147 Å². The average molecular weight is 360 g/mol. The molecule has 136 valence electrons. The average Bonchev–Trinajstić information content (AvgIpc) is 3.19. The van der Waals surface area contributed by atoms with Crippen LogP contribution in [0.15, 0.2) is 24.3 Å². The Kier molecular flexibility index (Phi) is 4.65. The number of anilines is 1. The molecule has 5 amide bonds. The van der Waals surface area contributed by atoms with E-state index in [0.717, 1.165) is 17.7 Å². The zero-order valence-corrected chi connectivity index (χ0v) is 13.7. The van der Waals surface area contributed by atoms with E-state index in [-0.39, 0.29) is 17.4 Å². The Morgan fingerprint density at radius 1 is 1.12 bits per heavy atom. The highest BCUT2D eigenvalue weighted by atomic mass is 16.6. The quantitative estimate of drug-likeness (QED) is 0.364. The van der Waals surface area contributed by atoms with Crippen molar-refractivity contribution in [3.63, 3.8) is 0 Å². The number of non-ortho nitro benzene ring substituents is 1. The molecule has 10 heteroatoms. The molecular formula is C16H16N4O6.